The number of nitrogens with zero attached hydrogens (tertiary/aromatic N) is 3. The predicted molar refractivity (Wildman–Crippen MR) is 150 cm³/mol. The molecule has 10 nitrogen and oxygen atoms in total. The Hall–Kier alpha value is -4.44. The summed E-state index contributed by atoms with van der Waals surface area (Å²) < 4.78 is 6.86. The molecule has 0 unspecified atom stereocenters. The van der Waals surface area contributed by atoms with Gasteiger partial charge in [0, 0.05) is 37.6 Å². The monoisotopic (exact) mass is 518 g/mol. The Bertz CT molecular complexity index is 1430. The lowest BCUT2D eigenvalue weighted by Crippen LogP contribution is -2.32. The van der Waals surface area contributed by atoms with Crippen molar-refractivity contribution in [3.05, 3.63) is 88.1 Å². The summed E-state index contributed by atoms with van der Waals surface area (Å²) in [6.45, 7) is 7.94. The molecule has 2 amide bonds. The van der Waals surface area contributed by atoms with Crippen LogP contribution in [0.5, 0.6) is 0 Å². The molecule has 200 valence electrons. The van der Waals surface area contributed by atoms with Crippen molar-refractivity contribution >= 4 is 34.8 Å². The molecule has 0 spiro atoms. The lowest BCUT2D eigenvalue weighted by atomic mass is 10.1. The molecule has 0 fully saturated rings. The normalized spacial score (nSPS) is 11.8. The highest BCUT2D eigenvalue weighted by molar-refractivity contribution is 6.12. The SMILES string of the molecule is C=C(/N=C\C(=C/N)C(=O)NCCN(C)C)c1cccc(Cn2c(=O)oc3ccc(C(=O)NCCC)cc32)c1. The van der Waals surface area contributed by atoms with Gasteiger partial charge in [0.05, 0.1) is 23.3 Å². The van der Waals surface area contributed by atoms with Crippen molar-refractivity contribution in [1.29, 1.82) is 0 Å². The first-order valence-corrected chi connectivity index (χ1v) is 12.3. The van der Waals surface area contributed by atoms with Crippen molar-refractivity contribution in [2.75, 3.05) is 33.7 Å². The molecule has 0 saturated heterocycles. The second-order valence-corrected chi connectivity index (χ2v) is 8.98. The van der Waals surface area contributed by atoms with Crippen molar-refractivity contribution in [2.24, 2.45) is 10.7 Å². The highest BCUT2D eigenvalue weighted by atomic mass is 16.4. The lowest BCUT2D eigenvalue weighted by Gasteiger charge is -2.10. The molecule has 0 saturated carbocycles. The van der Waals surface area contributed by atoms with E-state index in [0.717, 1.165) is 12.0 Å². The summed E-state index contributed by atoms with van der Waals surface area (Å²) in [6, 6.07) is 12.3. The van der Waals surface area contributed by atoms with E-state index in [1.165, 1.54) is 17.0 Å². The van der Waals surface area contributed by atoms with Crippen LogP contribution < -0.4 is 22.1 Å². The molecule has 1 heterocycles. The summed E-state index contributed by atoms with van der Waals surface area (Å²) in [5, 5.41) is 5.62. The fourth-order valence-corrected chi connectivity index (χ4v) is 3.62. The van der Waals surface area contributed by atoms with Gasteiger partial charge in [0.1, 0.15) is 0 Å². The molecule has 3 aromatic rings. The van der Waals surface area contributed by atoms with Crippen LogP contribution in [0.4, 0.5) is 0 Å². The van der Waals surface area contributed by atoms with Crippen LogP contribution in [-0.2, 0) is 11.3 Å². The highest BCUT2D eigenvalue weighted by Crippen LogP contribution is 2.19. The Morgan fingerprint density at radius 3 is 2.63 bits per heavy atom. The van der Waals surface area contributed by atoms with Crippen LogP contribution >= 0.6 is 0 Å². The minimum atomic E-state index is -0.522. The maximum Gasteiger partial charge on any atom is 0.420 e. The zero-order valence-electron chi connectivity index (χ0n) is 22.0. The molecular formula is C28H34N6O4. The van der Waals surface area contributed by atoms with Gasteiger partial charge in [0.15, 0.2) is 5.58 Å². The Morgan fingerprint density at radius 1 is 1.13 bits per heavy atom. The second-order valence-electron chi connectivity index (χ2n) is 8.98. The molecule has 38 heavy (non-hydrogen) atoms. The van der Waals surface area contributed by atoms with Gasteiger partial charge in [-0.25, -0.2) is 4.79 Å². The summed E-state index contributed by atoms with van der Waals surface area (Å²) in [4.78, 5) is 43.6. The van der Waals surface area contributed by atoms with E-state index in [2.05, 4.69) is 22.2 Å². The summed E-state index contributed by atoms with van der Waals surface area (Å²) in [5.41, 5.74) is 9.16. The van der Waals surface area contributed by atoms with Crippen LogP contribution in [0.2, 0.25) is 0 Å². The van der Waals surface area contributed by atoms with Gasteiger partial charge in [0.25, 0.3) is 11.8 Å². The molecule has 0 atom stereocenters. The second kappa shape index (κ2) is 13.2. The van der Waals surface area contributed by atoms with Gasteiger partial charge >= 0.3 is 5.76 Å². The van der Waals surface area contributed by atoms with Crippen LogP contribution in [0.25, 0.3) is 16.8 Å². The van der Waals surface area contributed by atoms with Crippen molar-refractivity contribution in [3.8, 4) is 0 Å². The maximum atomic E-state index is 12.6. The summed E-state index contributed by atoms with van der Waals surface area (Å²) in [5.74, 6) is -1.05. The number of carbonyl (C=O) groups is 2. The number of aliphatic imine (C=N–C) groups is 1. The molecule has 0 bridgehead atoms. The maximum absolute atomic E-state index is 12.6. The zero-order chi connectivity index (χ0) is 27.7. The van der Waals surface area contributed by atoms with Crippen LogP contribution in [0.1, 0.15) is 34.8 Å². The van der Waals surface area contributed by atoms with Gasteiger partial charge in [0.2, 0.25) is 0 Å². The first-order valence-electron chi connectivity index (χ1n) is 12.3. The number of nitrogens with two attached hydrogens (primary N) is 1. The molecule has 1 aromatic heterocycles. The minimum absolute atomic E-state index is 0.206. The van der Waals surface area contributed by atoms with Crippen molar-refractivity contribution in [1.82, 2.24) is 20.1 Å². The number of rotatable bonds is 12. The summed E-state index contributed by atoms with van der Waals surface area (Å²) in [7, 11) is 3.84. The third-order valence-corrected chi connectivity index (χ3v) is 5.71. The molecule has 4 N–H and O–H groups in total. The Balaban J connectivity index is 1.77. The van der Waals surface area contributed by atoms with E-state index in [1.54, 1.807) is 18.2 Å². The Morgan fingerprint density at radius 2 is 1.92 bits per heavy atom. The third kappa shape index (κ3) is 7.30. The molecule has 10 heteroatoms. The van der Waals surface area contributed by atoms with E-state index >= 15 is 0 Å². The van der Waals surface area contributed by atoms with Gasteiger partial charge in [-0.1, -0.05) is 31.7 Å². The number of amides is 2. The molecule has 0 aliphatic rings. The summed E-state index contributed by atoms with van der Waals surface area (Å²) in [6.07, 6.45) is 3.40. The molecular weight excluding hydrogens is 484 g/mol. The van der Waals surface area contributed by atoms with Crippen LogP contribution in [0, 0.1) is 0 Å². The van der Waals surface area contributed by atoms with E-state index in [-0.39, 0.29) is 23.9 Å². The highest BCUT2D eigenvalue weighted by Gasteiger charge is 2.14. The number of nitrogens with one attached hydrogen (secondary N) is 2. The molecule has 3 rings (SSSR count). The van der Waals surface area contributed by atoms with E-state index in [1.807, 2.05) is 50.2 Å². The van der Waals surface area contributed by atoms with E-state index in [0.29, 0.717) is 47.6 Å². The Labute approximate surface area is 221 Å². The average Bonchev–Trinajstić information content (AvgIpc) is 3.21. The van der Waals surface area contributed by atoms with Gasteiger partial charge in [-0.05, 0) is 55.9 Å². The number of aromatic nitrogens is 1. The molecule has 0 radical (unpaired) electrons. The van der Waals surface area contributed by atoms with E-state index in [9.17, 15) is 14.4 Å². The smallest absolute Gasteiger partial charge is 0.408 e. The Kier molecular flexibility index (Phi) is 9.78. The van der Waals surface area contributed by atoms with Crippen molar-refractivity contribution in [3.63, 3.8) is 0 Å². The van der Waals surface area contributed by atoms with Crippen LogP contribution in [0.3, 0.4) is 0 Å². The first-order chi connectivity index (χ1) is 18.2. The number of oxazole rings is 1. The largest absolute Gasteiger partial charge is 0.420 e. The number of carbonyl (C=O) groups excluding carboxylic acids is 2. The van der Waals surface area contributed by atoms with Gasteiger partial charge in [-0.2, -0.15) is 0 Å². The minimum Gasteiger partial charge on any atom is -0.408 e. The number of fused-ring (bicyclic) bond motifs is 1. The predicted octanol–water partition coefficient (Wildman–Crippen LogP) is 2.34. The zero-order valence-corrected chi connectivity index (χ0v) is 22.0. The van der Waals surface area contributed by atoms with E-state index < -0.39 is 5.76 Å². The van der Waals surface area contributed by atoms with E-state index in [4.69, 9.17) is 10.2 Å². The van der Waals surface area contributed by atoms with Gasteiger partial charge < -0.3 is 25.7 Å². The quantitative estimate of drug-likeness (QED) is 0.249. The molecule has 0 aliphatic carbocycles. The van der Waals surface area contributed by atoms with Crippen LogP contribution in [-0.4, -0.2) is 61.2 Å². The topological polar surface area (TPSA) is 135 Å². The van der Waals surface area contributed by atoms with Crippen molar-refractivity contribution < 1.29 is 14.0 Å². The molecule has 2 aromatic carbocycles. The van der Waals surface area contributed by atoms with Crippen molar-refractivity contribution in [2.45, 2.75) is 19.9 Å². The number of likely N-dealkylation sites (N-methyl/N-ethyl adjacent to an activating group) is 1. The summed E-state index contributed by atoms with van der Waals surface area (Å²) >= 11 is 0. The third-order valence-electron chi connectivity index (χ3n) is 5.71. The average molecular weight is 519 g/mol. The molecule has 0 aliphatic heterocycles. The standard InChI is InChI=1S/C28H34N6O4/c1-5-11-30-26(35)22-9-10-25-24(15-22)34(28(37)38-25)18-20-7-6-8-21(14-20)19(2)32-17-23(16-29)27(36)31-12-13-33(3)4/h6-10,14-17H,2,5,11-13,18,29H2,1,3-4H3,(H,30,35)(H,31,36)/b23-16+,32-17-. The van der Waals surface area contributed by atoms with Gasteiger partial charge in [-0.15, -0.1) is 0 Å². The number of benzene rings is 2. The van der Waals surface area contributed by atoms with Gasteiger partial charge in [-0.3, -0.25) is 19.1 Å². The van der Waals surface area contributed by atoms with Crippen LogP contribution in [0.15, 0.2) is 75.0 Å². The fraction of sp³-hybridized carbons (Fsp3) is 0.286. The fourth-order valence-electron chi connectivity index (χ4n) is 3.62. The lowest BCUT2D eigenvalue weighted by molar-refractivity contribution is -0.117. The number of hydrogen-bond donors (Lipinski definition) is 3. The number of hydrogen-bond acceptors (Lipinski definition) is 7. The first kappa shape index (κ1) is 28.1.